The maximum atomic E-state index is 13.8. The quantitative estimate of drug-likeness (QED) is 0.358. The van der Waals surface area contributed by atoms with Crippen LogP contribution in [0, 0.1) is 11.6 Å². The highest BCUT2D eigenvalue weighted by atomic mass is 19.4. The van der Waals surface area contributed by atoms with E-state index in [4.69, 9.17) is 4.74 Å². The van der Waals surface area contributed by atoms with Crippen molar-refractivity contribution in [1.29, 1.82) is 0 Å². The second-order valence-corrected chi connectivity index (χ2v) is 7.02. The van der Waals surface area contributed by atoms with Crippen molar-refractivity contribution < 1.29 is 26.7 Å². The van der Waals surface area contributed by atoms with Gasteiger partial charge >= 0.3 is 6.18 Å². The number of nitrogens with zero attached hydrogens (tertiary/aromatic N) is 3. The smallest absolute Gasteiger partial charge is 0.419 e. The highest BCUT2D eigenvalue weighted by Crippen LogP contribution is 2.32. The van der Waals surface area contributed by atoms with Gasteiger partial charge in [0.25, 0.3) is 0 Å². The van der Waals surface area contributed by atoms with E-state index in [9.17, 15) is 22.0 Å². The largest absolute Gasteiger partial charge is 0.476 e. The summed E-state index contributed by atoms with van der Waals surface area (Å²) in [6, 6.07) is 12.0. The Morgan fingerprint density at radius 2 is 1.67 bits per heavy atom. The number of hydrogen-bond acceptors (Lipinski definition) is 5. The lowest BCUT2D eigenvalue weighted by Gasteiger charge is -2.12. The molecule has 0 radical (unpaired) electrons. The van der Waals surface area contributed by atoms with Crippen molar-refractivity contribution in [2.24, 2.45) is 0 Å². The van der Waals surface area contributed by atoms with E-state index < -0.39 is 17.6 Å². The van der Waals surface area contributed by atoms with Gasteiger partial charge in [-0.25, -0.2) is 18.7 Å². The van der Waals surface area contributed by atoms with Crippen molar-refractivity contribution >= 4 is 17.0 Å². The van der Waals surface area contributed by atoms with Gasteiger partial charge in [0.05, 0.1) is 23.4 Å². The van der Waals surface area contributed by atoms with Gasteiger partial charge in [-0.15, -0.1) is 0 Å². The van der Waals surface area contributed by atoms with E-state index in [0.717, 1.165) is 6.07 Å². The molecule has 0 saturated heterocycles. The number of aromatic nitrogens is 3. The number of rotatable bonds is 6. The second kappa shape index (κ2) is 8.97. The summed E-state index contributed by atoms with van der Waals surface area (Å²) in [5.41, 5.74) is 1.09. The molecular weight excluding hydrogens is 443 g/mol. The van der Waals surface area contributed by atoms with Gasteiger partial charge in [-0.1, -0.05) is 6.07 Å². The lowest BCUT2D eigenvalue weighted by atomic mass is 10.1. The minimum atomic E-state index is -4.76. The van der Waals surface area contributed by atoms with Crippen molar-refractivity contribution in [3.63, 3.8) is 0 Å². The maximum absolute atomic E-state index is 13.8. The van der Waals surface area contributed by atoms with Crippen molar-refractivity contribution in [3.8, 4) is 17.1 Å². The van der Waals surface area contributed by atoms with Crippen LogP contribution in [-0.4, -0.2) is 21.6 Å². The Kier molecular flexibility index (Phi) is 6.08. The van der Waals surface area contributed by atoms with Gasteiger partial charge in [0.15, 0.2) is 5.52 Å². The molecule has 10 heteroatoms. The Hall–Kier alpha value is -3.82. The molecule has 4 aromatic rings. The number of hydrogen-bond donors (Lipinski definition) is 1. The van der Waals surface area contributed by atoms with Gasteiger partial charge in [-0.05, 0) is 61.0 Å². The van der Waals surface area contributed by atoms with E-state index >= 15 is 0 Å². The molecule has 2 aromatic carbocycles. The molecule has 0 aliphatic rings. The van der Waals surface area contributed by atoms with Crippen LogP contribution in [0.5, 0.6) is 5.88 Å². The molecule has 2 aromatic heterocycles. The predicted octanol–water partition coefficient (Wildman–Crippen LogP) is 6.00. The van der Waals surface area contributed by atoms with Crippen molar-refractivity contribution in [2.45, 2.75) is 19.6 Å². The third-order valence-electron chi connectivity index (χ3n) is 4.72. The van der Waals surface area contributed by atoms with Crippen LogP contribution in [0.25, 0.3) is 22.3 Å². The number of nitrogens with one attached hydrogen (secondary N) is 1. The molecule has 33 heavy (non-hydrogen) atoms. The van der Waals surface area contributed by atoms with E-state index in [2.05, 4.69) is 20.3 Å². The Bertz CT molecular complexity index is 1290. The molecule has 0 aliphatic carbocycles. The number of alkyl halides is 3. The summed E-state index contributed by atoms with van der Waals surface area (Å²) >= 11 is 0. The fraction of sp³-hybridized carbons (Fsp3) is 0.174. The van der Waals surface area contributed by atoms with E-state index in [1.165, 1.54) is 18.2 Å². The van der Waals surface area contributed by atoms with Gasteiger partial charge in [0.1, 0.15) is 11.6 Å². The lowest BCUT2D eigenvalue weighted by Crippen LogP contribution is -2.10. The molecule has 4 rings (SSSR count). The van der Waals surface area contributed by atoms with Crippen LogP contribution in [0.4, 0.5) is 27.9 Å². The van der Waals surface area contributed by atoms with Gasteiger partial charge in [-0.3, -0.25) is 0 Å². The molecule has 170 valence electrons. The van der Waals surface area contributed by atoms with E-state index in [-0.39, 0.29) is 29.8 Å². The number of ether oxygens (including phenoxy) is 1. The van der Waals surface area contributed by atoms with Crippen molar-refractivity contribution in [3.05, 3.63) is 77.4 Å². The molecule has 0 saturated carbocycles. The van der Waals surface area contributed by atoms with Crippen LogP contribution in [0.2, 0.25) is 0 Å². The topological polar surface area (TPSA) is 59.9 Å². The van der Waals surface area contributed by atoms with Crippen LogP contribution >= 0.6 is 0 Å². The first-order valence-corrected chi connectivity index (χ1v) is 9.91. The van der Waals surface area contributed by atoms with Crippen LogP contribution in [0.1, 0.15) is 18.1 Å². The molecule has 0 bridgehead atoms. The van der Waals surface area contributed by atoms with Gasteiger partial charge in [-0.2, -0.15) is 18.2 Å². The highest BCUT2D eigenvalue weighted by molar-refractivity contribution is 5.83. The van der Waals surface area contributed by atoms with Crippen LogP contribution in [-0.2, 0) is 12.7 Å². The van der Waals surface area contributed by atoms with E-state index in [1.807, 2.05) is 0 Å². The molecule has 5 nitrogen and oxygen atoms in total. The molecule has 0 atom stereocenters. The average molecular weight is 460 g/mol. The fourth-order valence-corrected chi connectivity index (χ4v) is 3.17. The highest BCUT2D eigenvalue weighted by Gasteiger charge is 2.33. The molecule has 2 heterocycles. The number of pyridine rings is 1. The standard InChI is InChI=1S/C23H17F5N4O/c1-2-33-21-20-19(10-9-18(30-20)14-4-6-15(24)7-5-14)31-22(32-21)29-12-13-3-8-16(17(25)11-13)23(26,27)28/h3-11H,2,12H2,1H3,(H,29,31,32). The third kappa shape index (κ3) is 5.00. The van der Waals surface area contributed by atoms with Crippen molar-refractivity contribution in [2.75, 3.05) is 11.9 Å². The van der Waals surface area contributed by atoms with Crippen LogP contribution in [0.15, 0.2) is 54.6 Å². The minimum Gasteiger partial charge on any atom is -0.476 e. The zero-order valence-electron chi connectivity index (χ0n) is 17.3. The van der Waals surface area contributed by atoms with Crippen molar-refractivity contribution in [1.82, 2.24) is 15.0 Å². The second-order valence-electron chi connectivity index (χ2n) is 7.02. The molecule has 0 unspecified atom stereocenters. The van der Waals surface area contributed by atoms with Gasteiger partial charge < -0.3 is 10.1 Å². The summed E-state index contributed by atoms with van der Waals surface area (Å²) in [6.07, 6.45) is -4.76. The van der Waals surface area contributed by atoms with Gasteiger partial charge in [0.2, 0.25) is 11.8 Å². The molecule has 1 N–H and O–H groups in total. The average Bonchev–Trinajstić information content (AvgIpc) is 2.77. The molecule has 0 spiro atoms. The summed E-state index contributed by atoms with van der Waals surface area (Å²) in [7, 11) is 0. The summed E-state index contributed by atoms with van der Waals surface area (Å²) in [4.78, 5) is 13.2. The summed E-state index contributed by atoms with van der Waals surface area (Å²) in [6.45, 7) is 2.07. The normalized spacial score (nSPS) is 11.6. The minimum absolute atomic E-state index is 0.00673. The summed E-state index contributed by atoms with van der Waals surface area (Å²) in [5, 5.41) is 2.87. The zero-order valence-corrected chi connectivity index (χ0v) is 17.3. The van der Waals surface area contributed by atoms with E-state index in [0.29, 0.717) is 35.0 Å². The molecule has 0 fully saturated rings. The van der Waals surface area contributed by atoms with Gasteiger partial charge in [0, 0.05) is 12.1 Å². The first-order chi connectivity index (χ1) is 15.7. The molecular formula is C23H17F5N4O. The first-order valence-electron chi connectivity index (χ1n) is 9.91. The summed E-state index contributed by atoms with van der Waals surface area (Å²) < 4.78 is 70.8. The zero-order chi connectivity index (χ0) is 23.6. The summed E-state index contributed by atoms with van der Waals surface area (Å²) in [5.74, 6) is -1.37. The fourth-order valence-electron chi connectivity index (χ4n) is 3.17. The predicted molar refractivity (Wildman–Crippen MR) is 113 cm³/mol. The third-order valence-corrected chi connectivity index (χ3v) is 4.72. The monoisotopic (exact) mass is 460 g/mol. The Balaban J connectivity index is 1.61. The first kappa shape index (κ1) is 22.4. The molecule has 0 aliphatic heterocycles. The number of benzene rings is 2. The van der Waals surface area contributed by atoms with E-state index in [1.54, 1.807) is 31.2 Å². The van der Waals surface area contributed by atoms with Crippen LogP contribution in [0.3, 0.4) is 0 Å². The number of anilines is 1. The lowest BCUT2D eigenvalue weighted by molar-refractivity contribution is -0.140. The van der Waals surface area contributed by atoms with Crippen LogP contribution < -0.4 is 10.1 Å². The SMILES string of the molecule is CCOc1nc(NCc2ccc(C(F)(F)F)c(F)c2)nc2ccc(-c3ccc(F)cc3)nc12. The number of fused-ring (bicyclic) bond motifs is 1. The maximum Gasteiger partial charge on any atom is 0.419 e. The Labute approximate surface area is 185 Å². The Morgan fingerprint density at radius 1 is 0.909 bits per heavy atom. The molecule has 0 amide bonds. The number of halogens is 5. The Morgan fingerprint density at radius 3 is 2.33 bits per heavy atom.